The molecule has 3 heteroatoms. The normalized spacial score (nSPS) is 13.2. The molecule has 0 atom stereocenters. The summed E-state index contributed by atoms with van der Waals surface area (Å²) in [5.74, 6) is 1.26. The largest absolute Gasteiger partial charge is 0.311 e. The molecule has 0 saturated heterocycles. The maximum absolute atomic E-state index is 2.59. The molecule has 0 unspecified atom stereocenters. The topological polar surface area (TPSA) is 6.48 Å². The minimum absolute atomic E-state index is 0.0668. The van der Waals surface area contributed by atoms with Crippen LogP contribution in [-0.4, -0.2) is 6.71 Å². The van der Waals surface area contributed by atoms with Gasteiger partial charge in [0.2, 0.25) is 0 Å². The van der Waals surface area contributed by atoms with Crippen molar-refractivity contribution in [2.24, 2.45) is 11.8 Å². The monoisotopic (exact) mass is 860 g/mol. The molecule has 322 valence electrons. The van der Waals surface area contributed by atoms with Crippen molar-refractivity contribution in [1.29, 1.82) is 0 Å². The van der Waals surface area contributed by atoms with E-state index >= 15 is 0 Å². The molecule has 13 rings (SSSR count). The highest BCUT2D eigenvalue weighted by atomic mass is 15.2. The van der Waals surface area contributed by atoms with Crippen molar-refractivity contribution in [2.45, 2.75) is 53.4 Å². The van der Waals surface area contributed by atoms with Gasteiger partial charge in [-0.25, -0.2) is 0 Å². The quantitative estimate of drug-likeness (QED) is 0.111. The Hall–Kier alpha value is -7.36. The standard InChI is InChI=1S/C64H53BN2/c1-40(2)24-26-42-28-34-60-58(36-42)65-59-37-43(27-25-41(3)4)29-35-61(59)67(45-31-33-55-51-19-8-6-15-47(51)49-17-10-12-21-53(49)57(55)39-45)63-23-13-22-62(64(63)65)66(60)44-30-32-54-50-18-7-5-14-46(50)48-16-9-11-20-52(48)56(54)38-44/h5-23,28-41H,24-27H2,1-4H3. The summed E-state index contributed by atoms with van der Waals surface area (Å²) in [7, 11) is 0. The Labute approximate surface area is 394 Å². The maximum atomic E-state index is 2.59. The lowest BCUT2D eigenvalue weighted by atomic mass is 9.33. The van der Waals surface area contributed by atoms with Crippen molar-refractivity contribution in [3.05, 3.63) is 199 Å². The van der Waals surface area contributed by atoms with Crippen molar-refractivity contribution in [2.75, 3.05) is 9.80 Å². The summed E-state index contributed by atoms with van der Waals surface area (Å²) in [6, 6.07) is 72.1. The molecule has 0 aromatic heterocycles. The zero-order valence-corrected chi connectivity index (χ0v) is 38.9. The Morgan fingerprint density at radius 1 is 0.328 bits per heavy atom. The highest BCUT2D eigenvalue weighted by Gasteiger charge is 2.43. The summed E-state index contributed by atoms with van der Waals surface area (Å²) < 4.78 is 0. The fraction of sp³-hybridized carbons (Fsp3) is 0.156. The molecule has 2 heterocycles. The molecule has 11 aromatic carbocycles. The minimum atomic E-state index is 0.0668. The Bertz CT molecular complexity index is 3490. The number of anilines is 6. The molecule has 2 aliphatic rings. The van der Waals surface area contributed by atoms with Crippen LogP contribution in [0.1, 0.15) is 51.7 Å². The number of hydrogen-bond acceptors (Lipinski definition) is 2. The number of rotatable bonds is 8. The Morgan fingerprint density at radius 2 is 0.672 bits per heavy atom. The summed E-state index contributed by atoms with van der Waals surface area (Å²) >= 11 is 0. The molecular formula is C64H53BN2. The third-order valence-electron chi connectivity index (χ3n) is 15.1. The molecule has 11 aromatic rings. The first-order valence-electron chi connectivity index (χ1n) is 24.5. The van der Waals surface area contributed by atoms with Gasteiger partial charge in [0, 0.05) is 34.1 Å². The van der Waals surface area contributed by atoms with Gasteiger partial charge in [0.25, 0.3) is 6.71 Å². The average Bonchev–Trinajstić information content (AvgIpc) is 3.37. The molecule has 2 aliphatic heterocycles. The van der Waals surface area contributed by atoms with Gasteiger partial charge in [-0.15, -0.1) is 0 Å². The molecule has 0 bridgehead atoms. The zero-order valence-electron chi connectivity index (χ0n) is 38.9. The predicted octanol–water partition coefficient (Wildman–Crippen LogP) is 15.9. The Balaban J connectivity index is 1.08. The first-order valence-corrected chi connectivity index (χ1v) is 24.5. The van der Waals surface area contributed by atoms with Crippen molar-refractivity contribution in [1.82, 2.24) is 0 Å². The van der Waals surface area contributed by atoms with E-state index in [-0.39, 0.29) is 6.71 Å². The fourth-order valence-electron chi connectivity index (χ4n) is 11.9. The van der Waals surface area contributed by atoms with Gasteiger partial charge in [0.15, 0.2) is 0 Å². The highest BCUT2D eigenvalue weighted by Crippen LogP contribution is 2.47. The van der Waals surface area contributed by atoms with E-state index in [0.29, 0.717) is 11.8 Å². The molecule has 0 radical (unpaired) electrons. The summed E-state index contributed by atoms with van der Waals surface area (Å²) in [5, 5.41) is 15.5. The van der Waals surface area contributed by atoms with Crippen LogP contribution in [0.25, 0.3) is 64.6 Å². The van der Waals surface area contributed by atoms with Crippen LogP contribution in [0.2, 0.25) is 0 Å². The van der Waals surface area contributed by atoms with Gasteiger partial charge in [-0.05, 0) is 178 Å². The van der Waals surface area contributed by atoms with E-state index in [1.807, 2.05) is 0 Å². The molecular weight excluding hydrogens is 808 g/mol. The van der Waals surface area contributed by atoms with Crippen LogP contribution >= 0.6 is 0 Å². The van der Waals surface area contributed by atoms with Gasteiger partial charge < -0.3 is 9.80 Å². The Morgan fingerprint density at radius 3 is 1.03 bits per heavy atom. The summed E-state index contributed by atoms with van der Waals surface area (Å²) in [6.45, 7) is 9.45. The first-order chi connectivity index (χ1) is 32.9. The van der Waals surface area contributed by atoms with E-state index < -0.39 is 0 Å². The van der Waals surface area contributed by atoms with Crippen molar-refractivity contribution in [3.63, 3.8) is 0 Å². The summed E-state index contributed by atoms with van der Waals surface area (Å²) in [5.41, 5.74) is 14.4. The lowest BCUT2D eigenvalue weighted by molar-refractivity contribution is 0.587. The third-order valence-corrected chi connectivity index (χ3v) is 15.1. The number of benzene rings is 11. The molecule has 0 amide bonds. The summed E-state index contributed by atoms with van der Waals surface area (Å²) in [6.07, 6.45) is 4.45. The lowest BCUT2D eigenvalue weighted by Gasteiger charge is -2.44. The van der Waals surface area contributed by atoms with Crippen LogP contribution in [0.3, 0.4) is 0 Å². The van der Waals surface area contributed by atoms with Crippen LogP contribution in [0.5, 0.6) is 0 Å². The van der Waals surface area contributed by atoms with E-state index in [4.69, 9.17) is 0 Å². The highest BCUT2D eigenvalue weighted by molar-refractivity contribution is 7.00. The third kappa shape index (κ3) is 6.31. The van der Waals surface area contributed by atoms with Gasteiger partial charge >= 0.3 is 0 Å². The zero-order chi connectivity index (χ0) is 44.9. The second kappa shape index (κ2) is 15.6. The van der Waals surface area contributed by atoms with E-state index in [2.05, 4.69) is 226 Å². The maximum Gasteiger partial charge on any atom is 0.252 e. The van der Waals surface area contributed by atoms with Gasteiger partial charge in [-0.3, -0.25) is 0 Å². The molecule has 0 fully saturated rings. The van der Waals surface area contributed by atoms with Crippen LogP contribution in [0, 0.1) is 11.8 Å². The second-order valence-electron chi connectivity index (χ2n) is 20.1. The second-order valence-corrected chi connectivity index (χ2v) is 20.1. The van der Waals surface area contributed by atoms with Crippen LogP contribution in [0.15, 0.2) is 188 Å². The van der Waals surface area contributed by atoms with Gasteiger partial charge in [-0.2, -0.15) is 0 Å². The predicted molar refractivity (Wildman–Crippen MR) is 292 cm³/mol. The van der Waals surface area contributed by atoms with E-state index in [9.17, 15) is 0 Å². The molecule has 0 N–H and O–H groups in total. The van der Waals surface area contributed by atoms with Gasteiger partial charge in [-0.1, -0.05) is 167 Å². The molecule has 2 nitrogen and oxygen atoms in total. The number of hydrogen-bond donors (Lipinski definition) is 0. The van der Waals surface area contributed by atoms with Crippen molar-refractivity contribution < 1.29 is 0 Å². The molecule has 0 saturated carbocycles. The smallest absolute Gasteiger partial charge is 0.252 e. The lowest BCUT2D eigenvalue weighted by Crippen LogP contribution is -2.61. The van der Waals surface area contributed by atoms with Crippen LogP contribution < -0.4 is 26.2 Å². The van der Waals surface area contributed by atoms with Crippen molar-refractivity contribution in [3.8, 4) is 0 Å². The first kappa shape index (κ1) is 40.0. The fourth-order valence-corrected chi connectivity index (χ4v) is 11.9. The van der Waals surface area contributed by atoms with Gasteiger partial charge in [0.05, 0.1) is 0 Å². The minimum Gasteiger partial charge on any atom is -0.311 e. The van der Waals surface area contributed by atoms with E-state index in [0.717, 1.165) is 25.7 Å². The van der Waals surface area contributed by atoms with Crippen LogP contribution in [0.4, 0.5) is 34.1 Å². The number of aryl methyl sites for hydroxylation is 2. The number of nitrogens with zero attached hydrogens (tertiary/aromatic N) is 2. The molecule has 0 spiro atoms. The Kier molecular flexibility index (Phi) is 9.33. The SMILES string of the molecule is CC(C)CCc1ccc2c(c1)B1c3cc(CCC(C)C)ccc3N(c3ccc4c5ccccc5c5ccccc5c4c3)c3cccc(c31)N2c1ccc2c3ccccc3c3ccccc3c2c1. The number of fused-ring (bicyclic) bond motifs is 16. The molecule has 0 aliphatic carbocycles. The van der Waals surface area contributed by atoms with Crippen LogP contribution in [-0.2, 0) is 12.8 Å². The molecule has 67 heavy (non-hydrogen) atoms. The van der Waals surface area contributed by atoms with E-state index in [1.165, 1.54) is 126 Å². The summed E-state index contributed by atoms with van der Waals surface area (Å²) in [4.78, 5) is 5.18. The van der Waals surface area contributed by atoms with Gasteiger partial charge in [0.1, 0.15) is 0 Å². The average molecular weight is 861 g/mol. The van der Waals surface area contributed by atoms with E-state index in [1.54, 1.807) is 0 Å². The van der Waals surface area contributed by atoms with Crippen molar-refractivity contribution >= 4 is 122 Å².